The zero-order chi connectivity index (χ0) is 14.5. The molecule has 104 valence electrons. The number of halogens is 1. The number of carbonyl (C=O) groups is 1. The summed E-state index contributed by atoms with van der Waals surface area (Å²) in [5.41, 5.74) is 2.85. The van der Waals surface area contributed by atoms with E-state index in [1.807, 2.05) is 36.4 Å². The molecule has 0 aromatic heterocycles. The van der Waals surface area contributed by atoms with Crippen molar-refractivity contribution in [1.82, 2.24) is 0 Å². The molecule has 0 bridgehead atoms. The smallest absolute Gasteiger partial charge is 0.256 e. The third-order valence-electron chi connectivity index (χ3n) is 3.47. The average Bonchev–Trinajstić information content (AvgIpc) is 2.47. The van der Waals surface area contributed by atoms with Crippen LogP contribution in [-0.4, -0.2) is 5.91 Å². The molecule has 1 atom stereocenters. The van der Waals surface area contributed by atoms with Gasteiger partial charge in [0.15, 0.2) is 0 Å². The molecule has 0 spiro atoms. The third-order valence-corrected chi connectivity index (χ3v) is 4.41. The standard InChI is InChI=1S/C17H18INO/c1-3-12(2)13-8-10-14(11-9-13)19-17(20)15-6-4-5-7-16(15)18/h4-12H,3H2,1-2H3,(H,19,20). The number of nitrogens with one attached hydrogen (secondary N) is 1. The van der Waals surface area contributed by atoms with Crippen LogP contribution >= 0.6 is 22.6 Å². The fourth-order valence-corrected chi connectivity index (χ4v) is 2.61. The van der Waals surface area contributed by atoms with Crippen molar-refractivity contribution in [2.75, 3.05) is 5.32 Å². The number of carbonyl (C=O) groups excluding carboxylic acids is 1. The second-order valence-corrected chi connectivity index (χ2v) is 6.03. The second-order valence-electron chi connectivity index (χ2n) is 4.87. The largest absolute Gasteiger partial charge is 0.322 e. The van der Waals surface area contributed by atoms with Gasteiger partial charge in [0.25, 0.3) is 5.91 Å². The van der Waals surface area contributed by atoms with Gasteiger partial charge in [-0.05, 0) is 64.8 Å². The lowest BCUT2D eigenvalue weighted by Crippen LogP contribution is -2.13. The summed E-state index contributed by atoms with van der Waals surface area (Å²) < 4.78 is 0.957. The molecule has 2 aromatic carbocycles. The van der Waals surface area contributed by atoms with Gasteiger partial charge in [0.2, 0.25) is 0 Å². The number of hydrogen-bond acceptors (Lipinski definition) is 1. The number of anilines is 1. The van der Waals surface area contributed by atoms with Crippen LogP contribution in [0.5, 0.6) is 0 Å². The van der Waals surface area contributed by atoms with Gasteiger partial charge in [-0.2, -0.15) is 0 Å². The number of amides is 1. The van der Waals surface area contributed by atoms with Crippen molar-refractivity contribution in [2.24, 2.45) is 0 Å². The van der Waals surface area contributed by atoms with E-state index in [0.29, 0.717) is 11.5 Å². The average molecular weight is 379 g/mol. The van der Waals surface area contributed by atoms with Crippen molar-refractivity contribution in [3.05, 3.63) is 63.2 Å². The maximum Gasteiger partial charge on any atom is 0.256 e. The highest BCUT2D eigenvalue weighted by Crippen LogP contribution is 2.21. The molecule has 0 saturated carbocycles. The van der Waals surface area contributed by atoms with Crippen molar-refractivity contribution >= 4 is 34.2 Å². The van der Waals surface area contributed by atoms with E-state index in [2.05, 4.69) is 53.9 Å². The van der Waals surface area contributed by atoms with E-state index in [-0.39, 0.29) is 5.91 Å². The first-order chi connectivity index (χ1) is 9.61. The summed E-state index contributed by atoms with van der Waals surface area (Å²) in [6, 6.07) is 15.7. The summed E-state index contributed by atoms with van der Waals surface area (Å²) in [5, 5.41) is 2.94. The molecule has 3 heteroatoms. The van der Waals surface area contributed by atoms with Crippen LogP contribution in [0.15, 0.2) is 48.5 Å². The van der Waals surface area contributed by atoms with Crippen molar-refractivity contribution in [2.45, 2.75) is 26.2 Å². The molecule has 0 saturated heterocycles. The van der Waals surface area contributed by atoms with E-state index in [9.17, 15) is 4.79 Å². The highest BCUT2D eigenvalue weighted by atomic mass is 127. The number of hydrogen-bond donors (Lipinski definition) is 1. The SMILES string of the molecule is CCC(C)c1ccc(NC(=O)c2ccccc2I)cc1. The summed E-state index contributed by atoms with van der Waals surface area (Å²) in [7, 11) is 0. The van der Waals surface area contributed by atoms with Crippen LogP contribution in [0.3, 0.4) is 0 Å². The molecule has 1 unspecified atom stereocenters. The van der Waals surface area contributed by atoms with Crippen molar-refractivity contribution in [3.63, 3.8) is 0 Å². The molecule has 0 heterocycles. The van der Waals surface area contributed by atoms with Gasteiger partial charge in [0.05, 0.1) is 5.56 Å². The molecule has 0 aliphatic rings. The van der Waals surface area contributed by atoms with Gasteiger partial charge >= 0.3 is 0 Å². The lowest BCUT2D eigenvalue weighted by atomic mass is 9.98. The Balaban J connectivity index is 2.11. The predicted octanol–water partition coefficient (Wildman–Crippen LogP) is 5.06. The molecule has 0 fully saturated rings. The highest BCUT2D eigenvalue weighted by molar-refractivity contribution is 14.1. The maximum atomic E-state index is 12.2. The molecule has 0 aliphatic carbocycles. The summed E-state index contributed by atoms with van der Waals surface area (Å²) >= 11 is 2.18. The first-order valence-electron chi connectivity index (χ1n) is 6.77. The predicted molar refractivity (Wildman–Crippen MR) is 92.3 cm³/mol. The third kappa shape index (κ3) is 3.60. The molecule has 1 N–H and O–H groups in total. The Morgan fingerprint density at radius 3 is 2.40 bits per heavy atom. The van der Waals surface area contributed by atoms with Crippen LogP contribution in [0.1, 0.15) is 42.1 Å². The highest BCUT2D eigenvalue weighted by Gasteiger charge is 2.09. The minimum atomic E-state index is -0.0636. The van der Waals surface area contributed by atoms with E-state index in [1.54, 1.807) is 0 Å². The monoisotopic (exact) mass is 379 g/mol. The Morgan fingerprint density at radius 1 is 1.15 bits per heavy atom. The topological polar surface area (TPSA) is 29.1 Å². The van der Waals surface area contributed by atoms with Crippen LogP contribution in [0.25, 0.3) is 0 Å². The van der Waals surface area contributed by atoms with Gasteiger partial charge in [0.1, 0.15) is 0 Å². The Hall–Kier alpha value is -1.36. The molecular weight excluding hydrogens is 361 g/mol. The van der Waals surface area contributed by atoms with Gasteiger partial charge < -0.3 is 5.32 Å². The molecular formula is C17H18INO. The molecule has 2 aromatic rings. The van der Waals surface area contributed by atoms with Gasteiger partial charge in [-0.25, -0.2) is 0 Å². The van der Waals surface area contributed by atoms with Gasteiger partial charge in [-0.1, -0.05) is 38.1 Å². The Morgan fingerprint density at radius 2 is 1.80 bits per heavy atom. The van der Waals surface area contributed by atoms with E-state index in [4.69, 9.17) is 0 Å². The zero-order valence-corrected chi connectivity index (χ0v) is 13.8. The van der Waals surface area contributed by atoms with Crippen LogP contribution in [0.2, 0.25) is 0 Å². The minimum Gasteiger partial charge on any atom is -0.322 e. The number of benzene rings is 2. The van der Waals surface area contributed by atoms with Crippen molar-refractivity contribution in [3.8, 4) is 0 Å². The van der Waals surface area contributed by atoms with Gasteiger partial charge in [-0.15, -0.1) is 0 Å². The second kappa shape index (κ2) is 6.88. The van der Waals surface area contributed by atoms with E-state index in [1.165, 1.54) is 5.56 Å². The lowest BCUT2D eigenvalue weighted by molar-refractivity contribution is 0.102. The fraction of sp³-hybridized carbons (Fsp3) is 0.235. The normalized spacial score (nSPS) is 11.9. The quantitative estimate of drug-likeness (QED) is 0.740. The van der Waals surface area contributed by atoms with Crippen LogP contribution in [-0.2, 0) is 0 Å². The molecule has 2 nitrogen and oxygen atoms in total. The van der Waals surface area contributed by atoms with E-state index in [0.717, 1.165) is 15.7 Å². The van der Waals surface area contributed by atoms with Crippen LogP contribution in [0, 0.1) is 3.57 Å². The molecule has 2 rings (SSSR count). The Kier molecular flexibility index (Phi) is 5.17. The van der Waals surface area contributed by atoms with Crippen LogP contribution < -0.4 is 5.32 Å². The maximum absolute atomic E-state index is 12.2. The fourth-order valence-electron chi connectivity index (χ4n) is 1.97. The zero-order valence-electron chi connectivity index (χ0n) is 11.7. The first kappa shape index (κ1) is 15.0. The van der Waals surface area contributed by atoms with Crippen molar-refractivity contribution in [1.29, 1.82) is 0 Å². The summed E-state index contributed by atoms with van der Waals surface area (Å²) in [6.45, 7) is 4.39. The number of rotatable bonds is 4. The molecule has 1 amide bonds. The Bertz CT molecular complexity index is 592. The van der Waals surface area contributed by atoms with Gasteiger partial charge in [-0.3, -0.25) is 4.79 Å². The van der Waals surface area contributed by atoms with E-state index >= 15 is 0 Å². The van der Waals surface area contributed by atoms with Crippen molar-refractivity contribution < 1.29 is 4.79 Å². The first-order valence-corrected chi connectivity index (χ1v) is 7.85. The van der Waals surface area contributed by atoms with E-state index < -0.39 is 0 Å². The molecule has 20 heavy (non-hydrogen) atoms. The summed E-state index contributed by atoms with van der Waals surface area (Å²) in [4.78, 5) is 12.2. The van der Waals surface area contributed by atoms with Gasteiger partial charge in [0, 0.05) is 9.26 Å². The molecule has 0 radical (unpaired) electrons. The Labute approximate surface area is 133 Å². The molecule has 0 aliphatic heterocycles. The lowest BCUT2D eigenvalue weighted by Gasteiger charge is -2.11. The minimum absolute atomic E-state index is 0.0636. The summed E-state index contributed by atoms with van der Waals surface area (Å²) in [6.07, 6.45) is 1.12. The van der Waals surface area contributed by atoms with Crippen LogP contribution in [0.4, 0.5) is 5.69 Å². The summed E-state index contributed by atoms with van der Waals surface area (Å²) in [5.74, 6) is 0.487.